The summed E-state index contributed by atoms with van der Waals surface area (Å²) in [5.41, 5.74) is 2.24. The fourth-order valence-corrected chi connectivity index (χ4v) is 4.27. The zero-order valence-electron chi connectivity index (χ0n) is 15.5. The molecule has 0 aliphatic heterocycles. The molecule has 9 heteroatoms. The highest BCUT2D eigenvalue weighted by atomic mass is 32.2. The standard InChI is InChI=1S/C19H19FN4O2S2/c1-11-7-8-16(26-3)15(9-11)22-17(25)12(2)27-19-24-23-18(28-19)21-14-6-4-5-13(20)10-14/h4-10,12H,1-3H3,(H,21,23)(H,22,25). The van der Waals surface area contributed by atoms with E-state index in [4.69, 9.17) is 4.74 Å². The largest absolute Gasteiger partial charge is 0.495 e. The van der Waals surface area contributed by atoms with Gasteiger partial charge < -0.3 is 15.4 Å². The number of hydrogen-bond acceptors (Lipinski definition) is 7. The van der Waals surface area contributed by atoms with Gasteiger partial charge in [-0.25, -0.2) is 4.39 Å². The van der Waals surface area contributed by atoms with Gasteiger partial charge in [0.1, 0.15) is 11.6 Å². The molecule has 2 N–H and O–H groups in total. The van der Waals surface area contributed by atoms with E-state index in [1.165, 1.54) is 35.2 Å². The van der Waals surface area contributed by atoms with Gasteiger partial charge in [-0.3, -0.25) is 4.79 Å². The van der Waals surface area contributed by atoms with Crippen molar-refractivity contribution in [2.75, 3.05) is 17.7 Å². The highest BCUT2D eigenvalue weighted by Crippen LogP contribution is 2.32. The van der Waals surface area contributed by atoms with Crippen LogP contribution in [0.5, 0.6) is 5.75 Å². The van der Waals surface area contributed by atoms with E-state index in [-0.39, 0.29) is 17.0 Å². The zero-order chi connectivity index (χ0) is 20.1. The molecule has 6 nitrogen and oxygen atoms in total. The molecule has 1 unspecified atom stereocenters. The number of aryl methyl sites for hydroxylation is 1. The molecule has 1 amide bonds. The normalized spacial score (nSPS) is 11.7. The lowest BCUT2D eigenvalue weighted by Crippen LogP contribution is -2.22. The Bertz CT molecular complexity index is 980. The molecule has 146 valence electrons. The molecule has 0 spiro atoms. The molecule has 2 aromatic carbocycles. The Morgan fingerprint density at radius 2 is 2.07 bits per heavy atom. The van der Waals surface area contributed by atoms with Gasteiger partial charge in [-0.05, 0) is 49.7 Å². The van der Waals surface area contributed by atoms with E-state index >= 15 is 0 Å². The van der Waals surface area contributed by atoms with Gasteiger partial charge in [0, 0.05) is 5.69 Å². The average Bonchev–Trinajstić information content (AvgIpc) is 3.08. The second-order valence-corrected chi connectivity index (χ2v) is 8.53. The number of anilines is 3. The van der Waals surface area contributed by atoms with E-state index in [0.29, 0.717) is 26.6 Å². The van der Waals surface area contributed by atoms with Crippen LogP contribution in [0.1, 0.15) is 12.5 Å². The number of aromatic nitrogens is 2. The fraction of sp³-hybridized carbons (Fsp3) is 0.211. The molecule has 3 aromatic rings. The van der Waals surface area contributed by atoms with Crippen LogP contribution in [0, 0.1) is 12.7 Å². The Morgan fingerprint density at radius 1 is 1.25 bits per heavy atom. The topological polar surface area (TPSA) is 76.1 Å². The third kappa shape index (κ3) is 5.20. The summed E-state index contributed by atoms with van der Waals surface area (Å²) in [4.78, 5) is 12.5. The van der Waals surface area contributed by atoms with Gasteiger partial charge in [-0.2, -0.15) is 0 Å². The Kier molecular flexibility index (Phi) is 6.48. The van der Waals surface area contributed by atoms with Crippen LogP contribution in [-0.2, 0) is 4.79 Å². The summed E-state index contributed by atoms with van der Waals surface area (Å²) in [7, 11) is 1.56. The average molecular weight is 419 g/mol. The van der Waals surface area contributed by atoms with Gasteiger partial charge >= 0.3 is 0 Å². The number of rotatable bonds is 7. The molecule has 0 aliphatic carbocycles. The summed E-state index contributed by atoms with van der Waals surface area (Å²) < 4.78 is 19.2. The molecule has 0 bridgehead atoms. The molecular formula is C19H19FN4O2S2. The Hall–Kier alpha value is -2.65. The molecule has 0 saturated heterocycles. The van der Waals surface area contributed by atoms with E-state index in [2.05, 4.69) is 20.8 Å². The van der Waals surface area contributed by atoms with Crippen molar-refractivity contribution in [3.63, 3.8) is 0 Å². The first kappa shape index (κ1) is 20.1. The Balaban J connectivity index is 1.62. The maximum absolute atomic E-state index is 13.3. The lowest BCUT2D eigenvalue weighted by molar-refractivity contribution is -0.115. The summed E-state index contributed by atoms with van der Waals surface area (Å²) >= 11 is 2.60. The molecule has 1 atom stereocenters. The number of halogens is 1. The first-order chi connectivity index (χ1) is 13.4. The number of ether oxygens (including phenoxy) is 1. The van der Waals surface area contributed by atoms with Crippen molar-refractivity contribution < 1.29 is 13.9 Å². The number of carbonyl (C=O) groups is 1. The Labute approximate surface area is 170 Å². The first-order valence-electron chi connectivity index (χ1n) is 8.43. The number of methoxy groups -OCH3 is 1. The molecule has 28 heavy (non-hydrogen) atoms. The van der Waals surface area contributed by atoms with Crippen LogP contribution in [0.15, 0.2) is 46.8 Å². The van der Waals surface area contributed by atoms with Crippen LogP contribution < -0.4 is 15.4 Å². The Morgan fingerprint density at radius 3 is 2.82 bits per heavy atom. The van der Waals surface area contributed by atoms with Crippen LogP contribution in [0.2, 0.25) is 0 Å². The second kappa shape index (κ2) is 9.03. The lowest BCUT2D eigenvalue weighted by Gasteiger charge is -2.13. The summed E-state index contributed by atoms with van der Waals surface area (Å²) in [5, 5.41) is 14.2. The third-order valence-corrected chi connectivity index (χ3v) is 5.76. The smallest absolute Gasteiger partial charge is 0.237 e. The van der Waals surface area contributed by atoms with E-state index in [9.17, 15) is 9.18 Å². The maximum atomic E-state index is 13.3. The van der Waals surface area contributed by atoms with Crippen molar-refractivity contribution in [1.29, 1.82) is 0 Å². The van der Waals surface area contributed by atoms with Gasteiger partial charge in [0.25, 0.3) is 0 Å². The minimum absolute atomic E-state index is 0.163. The van der Waals surface area contributed by atoms with E-state index < -0.39 is 0 Å². The minimum Gasteiger partial charge on any atom is -0.495 e. The van der Waals surface area contributed by atoms with Crippen LogP contribution in [0.4, 0.5) is 20.9 Å². The quantitative estimate of drug-likeness (QED) is 0.534. The number of thioether (sulfide) groups is 1. The van der Waals surface area contributed by atoms with Crippen LogP contribution in [0.3, 0.4) is 0 Å². The zero-order valence-corrected chi connectivity index (χ0v) is 17.2. The van der Waals surface area contributed by atoms with Gasteiger partial charge in [-0.1, -0.05) is 35.2 Å². The number of nitrogens with one attached hydrogen (secondary N) is 2. The van der Waals surface area contributed by atoms with Gasteiger partial charge in [0.2, 0.25) is 11.0 Å². The molecule has 0 aliphatic rings. The third-order valence-electron chi connectivity index (χ3n) is 3.74. The van der Waals surface area contributed by atoms with Gasteiger partial charge in [-0.15, -0.1) is 10.2 Å². The highest BCUT2D eigenvalue weighted by molar-refractivity contribution is 8.02. The predicted molar refractivity (Wildman–Crippen MR) is 111 cm³/mol. The SMILES string of the molecule is COc1ccc(C)cc1NC(=O)C(C)Sc1nnc(Nc2cccc(F)c2)s1. The van der Waals surface area contributed by atoms with Crippen molar-refractivity contribution in [3.8, 4) is 5.75 Å². The van der Waals surface area contributed by atoms with E-state index in [1.54, 1.807) is 26.2 Å². The summed E-state index contributed by atoms with van der Waals surface area (Å²) in [5.74, 6) is 0.110. The summed E-state index contributed by atoms with van der Waals surface area (Å²) in [6.07, 6.45) is 0. The molecule has 1 aromatic heterocycles. The molecule has 0 radical (unpaired) electrons. The number of amides is 1. The first-order valence-corrected chi connectivity index (χ1v) is 10.1. The number of carbonyl (C=O) groups excluding carboxylic acids is 1. The molecule has 1 heterocycles. The van der Waals surface area contributed by atoms with Gasteiger partial charge in [0.05, 0.1) is 18.0 Å². The number of hydrogen-bond donors (Lipinski definition) is 2. The van der Waals surface area contributed by atoms with Crippen LogP contribution >= 0.6 is 23.1 Å². The van der Waals surface area contributed by atoms with E-state index in [1.807, 2.05) is 25.1 Å². The van der Waals surface area contributed by atoms with E-state index in [0.717, 1.165) is 5.56 Å². The number of benzene rings is 2. The highest BCUT2D eigenvalue weighted by Gasteiger charge is 2.19. The van der Waals surface area contributed by atoms with Crippen molar-refractivity contribution in [3.05, 3.63) is 53.8 Å². The molecule has 0 fully saturated rings. The van der Waals surface area contributed by atoms with Crippen molar-refractivity contribution in [2.24, 2.45) is 0 Å². The van der Waals surface area contributed by atoms with Crippen LogP contribution in [-0.4, -0.2) is 28.5 Å². The van der Waals surface area contributed by atoms with Crippen LogP contribution in [0.25, 0.3) is 0 Å². The predicted octanol–water partition coefficient (Wildman–Crippen LogP) is 4.86. The second-order valence-electron chi connectivity index (χ2n) is 5.96. The molecular weight excluding hydrogens is 399 g/mol. The maximum Gasteiger partial charge on any atom is 0.237 e. The van der Waals surface area contributed by atoms with Crippen molar-refractivity contribution in [1.82, 2.24) is 10.2 Å². The summed E-state index contributed by atoms with van der Waals surface area (Å²) in [6, 6.07) is 11.7. The van der Waals surface area contributed by atoms with Gasteiger partial charge in [0.15, 0.2) is 4.34 Å². The minimum atomic E-state index is -0.389. The monoisotopic (exact) mass is 418 g/mol. The molecule has 3 rings (SSSR count). The van der Waals surface area contributed by atoms with Crippen molar-refractivity contribution in [2.45, 2.75) is 23.4 Å². The van der Waals surface area contributed by atoms with Crippen molar-refractivity contribution >= 4 is 45.5 Å². The molecule has 0 saturated carbocycles. The lowest BCUT2D eigenvalue weighted by atomic mass is 10.2. The summed E-state index contributed by atoms with van der Waals surface area (Å²) in [6.45, 7) is 3.74. The fourth-order valence-electron chi connectivity index (χ4n) is 2.36. The number of nitrogens with zero attached hydrogens (tertiary/aromatic N) is 2.